The Bertz CT molecular complexity index is 1480. The molecule has 5 aromatic rings. The topological polar surface area (TPSA) is 74.8 Å². The van der Waals surface area contributed by atoms with E-state index in [1.807, 2.05) is 41.0 Å². The fraction of sp³-hybridized carbons (Fsp3) is 0.280. The zero-order chi connectivity index (χ0) is 22.2. The van der Waals surface area contributed by atoms with Gasteiger partial charge in [0.15, 0.2) is 11.3 Å². The molecule has 0 atom stereocenters. The smallest absolute Gasteiger partial charge is 0.265 e. The largest absolute Gasteiger partial charge is 0.497 e. The van der Waals surface area contributed by atoms with Crippen molar-refractivity contribution >= 4 is 33.2 Å². The Labute approximate surface area is 185 Å². The minimum absolute atomic E-state index is 0.0681. The number of hydrogen-bond donors (Lipinski definition) is 0. The van der Waals surface area contributed by atoms with E-state index in [1.165, 1.54) is 5.56 Å². The van der Waals surface area contributed by atoms with Crippen LogP contribution in [0.2, 0.25) is 0 Å². The molecule has 0 aliphatic carbocycles. The summed E-state index contributed by atoms with van der Waals surface area (Å²) in [7, 11) is 1.66. The van der Waals surface area contributed by atoms with Gasteiger partial charge in [-0.05, 0) is 42.2 Å². The molecule has 7 nitrogen and oxygen atoms in total. The number of nitrogens with zero attached hydrogens (tertiary/aromatic N) is 5. The van der Waals surface area contributed by atoms with Crippen LogP contribution in [0, 0.1) is 5.92 Å². The van der Waals surface area contributed by atoms with Gasteiger partial charge in [-0.25, -0.2) is 15.0 Å². The summed E-state index contributed by atoms with van der Waals surface area (Å²) >= 11 is 0. The van der Waals surface area contributed by atoms with Crippen molar-refractivity contribution in [3.8, 4) is 5.75 Å². The van der Waals surface area contributed by atoms with Crippen LogP contribution in [0.4, 0.5) is 0 Å². The SMILES string of the molecule is COc1ccc(CCn2c3nc4ccccc4nc3c3c(=O)n(CC(C)C)cnc32)cc1. The van der Waals surface area contributed by atoms with Crippen LogP contribution in [-0.4, -0.2) is 31.2 Å². The molecule has 162 valence electrons. The molecule has 7 heteroatoms. The lowest BCUT2D eigenvalue weighted by atomic mass is 10.1. The highest BCUT2D eigenvalue weighted by molar-refractivity contribution is 6.04. The standard InChI is InChI=1S/C25H25N5O2/c1-16(2)14-29-15-26-23-21(25(29)31)22-24(28-20-7-5-4-6-19(20)27-22)30(23)13-12-17-8-10-18(32-3)11-9-17/h4-11,15-16H,12-14H2,1-3H3. The number of ether oxygens (including phenoxy) is 1. The molecule has 3 heterocycles. The molecule has 0 spiro atoms. The van der Waals surface area contributed by atoms with Gasteiger partial charge < -0.3 is 9.30 Å². The second-order valence-corrected chi connectivity index (χ2v) is 8.43. The molecule has 0 amide bonds. The van der Waals surface area contributed by atoms with Crippen molar-refractivity contribution < 1.29 is 4.74 Å². The van der Waals surface area contributed by atoms with Gasteiger partial charge in [0.25, 0.3) is 5.56 Å². The van der Waals surface area contributed by atoms with E-state index in [9.17, 15) is 4.79 Å². The molecule has 2 aromatic carbocycles. The van der Waals surface area contributed by atoms with Gasteiger partial charge in [0.1, 0.15) is 16.7 Å². The molecule has 0 unspecified atom stereocenters. The third-order valence-corrected chi connectivity index (χ3v) is 5.66. The molecular formula is C25H25N5O2. The van der Waals surface area contributed by atoms with Gasteiger partial charge in [-0.2, -0.15) is 0 Å². The van der Waals surface area contributed by atoms with Gasteiger partial charge in [-0.1, -0.05) is 38.1 Å². The Balaban J connectivity index is 1.69. The number of para-hydroxylation sites is 2. The quantitative estimate of drug-likeness (QED) is 0.406. The molecule has 0 N–H and O–H groups in total. The van der Waals surface area contributed by atoms with Crippen LogP contribution in [0.1, 0.15) is 19.4 Å². The van der Waals surface area contributed by atoms with E-state index >= 15 is 0 Å². The summed E-state index contributed by atoms with van der Waals surface area (Å²) in [5.74, 6) is 1.16. The van der Waals surface area contributed by atoms with E-state index in [-0.39, 0.29) is 5.56 Å². The van der Waals surface area contributed by atoms with Crippen molar-refractivity contribution in [1.82, 2.24) is 24.1 Å². The second-order valence-electron chi connectivity index (χ2n) is 8.43. The zero-order valence-corrected chi connectivity index (χ0v) is 18.4. The maximum Gasteiger partial charge on any atom is 0.265 e. The number of aryl methyl sites for hydroxylation is 2. The van der Waals surface area contributed by atoms with Crippen molar-refractivity contribution in [2.45, 2.75) is 33.4 Å². The molecule has 0 bridgehead atoms. The predicted octanol–water partition coefficient (Wildman–Crippen LogP) is 4.20. The van der Waals surface area contributed by atoms with Crippen molar-refractivity contribution in [3.05, 3.63) is 70.8 Å². The lowest BCUT2D eigenvalue weighted by Crippen LogP contribution is -2.23. The van der Waals surface area contributed by atoms with Crippen molar-refractivity contribution in [3.63, 3.8) is 0 Å². The number of benzene rings is 2. The van der Waals surface area contributed by atoms with Gasteiger partial charge in [0.2, 0.25) is 0 Å². The van der Waals surface area contributed by atoms with Crippen LogP contribution in [-0.2, 0) is 19.5 Å². The molecule has 3 aromatic heterocycles. The van der Waals surface area contributed by atoms with Gasteiger partial charge in [0.05, 0.1) is 24.5 Å². The number of aromatic nitrogens is 5. The second kappa shape index (κ2) is 8.07. The number of rotatable bonds is 6. The number of fused-ring (bicyclic) bond motifs is 4. The highest BCUT2D eigenvalue weighted by Gasteiger charge is 2.20. The normalized spacial score (nSPS) is 11.8. The summed E-state index contributed by atoms with van der Waals surface area (Å²) in [6.07, 6.45) is 2.42. The van der Waals surface area contributed by atoms with Gasteiger partial charge >= 0.3 is 0 Å². The molecular weight excluding hydrogens is 402 g/mol. The van der Waals surface area contributed by atoms with Crippen LogP contribution < -0.4 is 10.3 Å². The summed E-state index contributed by atoms with van der Waals surface area (Å²) in [4.78, 5) is 27.8. The summed E-state index contributed by atoms with van der Waals surface area (Å²) < 4.78 is 8.96. The molecule has 0 saturated carbocycles. The number of hydrogen-bond acceptors (Lipinski definition) is 5. The van der Waals surface area contributed by atoms with E-state index in [1.54, 1.807) is 18.0 Å². The average Bonchev–Trinajstić information content (AvgIpc) is 3.11. The van der Waals surface area contributed by atoms with Crippen LogP contribution in [0.3, 0.4) is 0 Å². The molecule has 0 saturated heterocycles. The average molecular weight is 428 g/mol. The van der Waals surface area contributed by atoms with Gasteiger partial charge in [-0.15, -0.1) is 0 Å². The lowest BCUT2D eigenvalue weighted by molar-refractivity contribution is 0.414. The molecule has 0 aliphatic rings. The fourth-order valence-electron chi connectivity index (χ4n) is 4.11. The first-order valence-electron chi connectivity index (χ1n) is 10.8. The first kappa shape index (κ1) is 20.2. The van der Waals surface area contributed by atoms with Gasteiger partial charge in [-0.3, -0.25) is 9.36 Å². The van der Waals surface area contributed by atoms with Crippen molar-refractivity contribution in [2.75, 3.05) is 7.11 Å². The maximum atomic E-state index is 13.4. The first-order chi connectivity index (χ1) is 15.5. The van der Waals surface area contributed by atoms with Crippen LogP contribution in [0.25, 0.3) is 33.2 Å². The summed E-state index contributed by atoms with van der Waals surface area (Å²) in [5.41, 5.74) is 4.62. The number of methoxy groups -OCH3 is 1. The first-order valence-corrected chi connectivity index (χ1v) is 10.8. The summed E-state index contributed by atoms with van der Waals surface area (Å²) in [6, 6.07) is 15.8. The Morgan fingerprint density at radius 3 is 2.38 bits per heavy atom. The minimum atomic E-state index is -0.0681. The van der Waals surface area contributed by atoms with Crippen LogP contribution in [0.15, 0.2) is 59.7 Å². The van der Waals surface area contributed by atoms with E-state index in [0.717, 1.165) is 23.2 Å². The summed E-state index contributed by atoms with van der Waals surface area (Å²) in [6.45, 7) is 5.42. The van der Waals surface area contributed by atoms with E-state index in [2.05, 4.69) is 31.0 Å². The zero-order valence-electron chi connectivity index (χ0n) is 18.4. The van der Waals surface area contributed by atoms with E-state index in [0.29, 0.717) is 41.2 Å². The van der Waals surface area contributed by atoms with Crippen molar-refractivity contribution in [1.29, 1.82) is 0 Å². The van der Waals surface area contributed by atoms with Crippen LogP contribution >= 0.6 is 0 Å². The van der Waals surface area contributed by atoms with Crippen molar-refractivity contribution in [2.24, 2.45) is 5.92 Å². The monoisotopic (exact) mass is 427 g/mol. The minimum Gasteiger partial charge on any atom is -0.497 e. The lowest BCUT2D eigenvalue weighted by Gasteiger charge is -2.09. The third kappa shape index (κ3) is 3.49. The molecule has 32 heavy (non-hydrogen) atoms. The Hall–Kier alpha value is -3.74. The van der Waals surface area contributed by atoms with E-state index < -0.39 is 0 Å². The highest BCUT2D eigenvalue weighted by atomic mass is 16.5. The Morgan fingerprint density at radius 1 is 0.969 bits per heavy atom. The molecule has 0 fully saturated rings. The maximum absolute atomic E-state index is 13.4. The molecule has 5 rings (SSSR count). The predicted molar refractivity (Wildman–Crippen MR) is 126 cm³/mol. The highest BCUT2D eigenvalue weighted by Crippen LogP contribution is 2.25. The fourth-order valence-corrected chi connectivity index (χ4v) is 4.11. The summed E-state index contributed by atoms with van der Waals surface area (Å²) in [5, 5.41) is 0.538. The van der Waals surface area contributed by atoms with Crippen LogP contribution in [0.5, 0.6) is 5.75 Å². The molecule has 0 radical (unpaired) electrons. The molecule has 0 aliphatic heterocycles. The van der Waals surface area contributed by atoms with Gasteiger partial charge in [0, 0.05) is 13.1 Å². The Kier molecular flexibility index (Phi) is 5.09. The Morgan fingerprint density at radius 2 is 1.69 bits per heavy atom. The third-order valence-electron chi connectivity index (χ3n) is 5.66. The van der Waals surface area contributed by atoms with E-state index in [4.69, 9.17) is 14.7 Å².